The zero-order chi connectivity index (χ0) is 25.5. The highest BCUT2D eigenvalue weighted by Gasteiger charge is 2.24. The first kappa shape index (κ1) is 23.7. The molecule has 37 heavy (non-hydrogen) atoms. The molecule has 2 aromatic carbocycles. The molecule has 1 saturated heterocycles. The van der Waals surface area contributed by atoms with Crippen LogP contribution in [0, 0.1) is 12.3 Å². The van der Waals surface area contributed by atoms with E-state index in [-0.39, 0.29) is 6.04 Å². The molecule has 0 radical (unpaired) electrons. The van der Waals surface area contributed by atoms with Gasteiger partial charge in [0.05, 0.1) is 46.2 Å². The van der Waals surface area contributed by atoms with Crippen LogP contribution in [-0.2, 0) is 11.0 Å². The van der Waals surface area contributed by atoms with E-state index in [1.807, 2.05) is 42.1 Å². The van der Waals surface area contributed by atoms with E-state index in [4.69, 9.17) is 26.7 Å². The Bertz CT molecular complexity index is 1660. The first-order valence-corrected chi connectivity index (χ1v) is 13.3. The number of hydrogen-bond donors (Lipinski definition) is 2. The van der Waals surface area contributed by atoms with Gasteiger partial charge in [-0.05, 0) is 44.0 Å². The number of hydrogen-bond acceptors (Lipinski definition) is 7. The first-order chi connectivity index (χ1) is 18.0. The standard InChI is InChI=1S/C25H23ClN8O2S/c1-15-30-19-3-2-18(10-21(19)31-15)36-23-5-4-20-25(24(23)26)32-22(12-28-20)16-11-29-34(13-16)17-6-8-33(9-7-17)37(35)14-27/h2-5,10-14,17,27H,6-9H2,1H3,(H,30,31). The van der Waals surface area contributed by atoms with Crippen molar-refractivity contribution < 1.29 is 8.95 Å². The average Bonchev–Trinajstić information content (AvgIpc) is 3.56. The van der Waals surface area contributed by atoms with Gasteiger partial charge >= 0.3 is 0 Å². The third-order valence-electron chi connectivity index (χ3n) is 6.47. The molecule has 10 nitrogen and oxygen atoms in total. The minimum atomic E-state index is -1.35. The summed E-state index contributed by atoms with van der Waals surface area (Å²) < 4.78 is 21.7. The maximum absolute atomic E-state index is 11.8. The molecule has 1 fully saturated rings. The molecule has 1 atom stereocenters. The van der Waals surface area contributed by atoms with E-state index in [0.29, 0.717) is 46.3 Å². The van der Waals surface area contributed by atoms with Crippen molar-refractivity contribution in [2.24, 2.45) is 0 Å². The van der Waals surface area contributed by atoms with E-state index < -0.39 is 11.0 Å². The van der Waals surface area contributed by atoms with Gasteiger partial charge in [0.25, 0.3) is 0 Å². The molecular weight excluding hydrogens is 512 g/mol. The summed E-state index contributed by atoms with van der Waals surface area (Å²) in [4.78, 5) is 17.0. The second kappa shape index (κ2) is 9.66. The van der Waals surface area contributed by atoms with Crippen LogP contribution in [0.15, 0.2) is 48.9 Å². The number of nitrogens with zero attached hydrogens (tertiary/aromatic N) is 6. The molecule has 0 spiro atoms. The number of aromatic nitrogens is 6. The van der Waals surface area contributed by atoms with Gasteiger partial charge in [-0.15, -0.1) is 0 Å². The van der Waals surface area contributed by atoms with Gasteiger partial charge in [-0.1, -0.05) is 11.6 Å². The van der Waals surface area contributed by atoms with Crippen molar-refractivity contribution in [2.75, 3.05) is 13.1 Å². The van der Waals surface area contributed by atoms with Gasteiger partial charge < -0.3 is 9.72 Å². The van der Waals surface area contributed by atoms with Crippen LogP contribution >= 0.6 is 11.6 Å². The Labute approximate surface area is 219 Å². The molecule has 12 heteroatoms. The van der Waals surface area contributed by atoms with Crippen LogP contribution in [-0.4, -0.2) is 56.9 Å². The van der Waals surface area contributed by atoms with Gasteiger partial charge in [0.15, 0.2) is 0 Å². The lowest BCUT2D eigenvalue weighted by atomic mass is 10.1. The van der Waals surface area contributed by atoms with Crippen molar-refractivity contribution in [1.29, 1.82) is 5.41 Å². The first-order valence-electron chi connectivity index (χ1n) is 11.8. The zero-order valence-electron chi connectivity index (χ0n) is 19.9. The number of nitrogens with one attached hydrogen (secondary N) is 2. The number of ether oxygens (including phenoxy) is 1. The van der Waals surface area contributed by atoms with E-state index in [0.717, 1.165) is 40.8 Å². The molecule has 6 rings (SSSR count). The van der Waals surface area contributed by atoms with Crippen LogP contribution in [0.3, 0.4) is 0 Å². The predicted octanol–water partition coefficient (Wildman–Crippen LogP) is 5.03. The molecule has 1 aliphatic rings. The maximum atomic E-state index is 11.8. The van der Waals surface area contributed by atoms with Gasteiger partial charge in [-0.2, -0.15) is 5.10 Å². The number of piperidine rings is 1. The number of fused-ring (bicyclic) bond motifs is 2. The largest absolute Gasteiger partial charge is 0.456 e. The fraction of sp³-hybridized carbons (Fsp3) is 0.240. The van der Waals surface area contributed by atoms with Crippen LogP contribution in [0.5, 0.6) is 11.5 Å². The quantitative estimate of drug-likeness (QED) is 0.232. The van der Waals surface area contributed by atoms with Crippen LogP contribution in [0.2, 0.25) is 5.02 Å². The van der Waals surface area contributed by atoms with E-state index in [1.165, 1.54) is 0 Å². The van der Waals surface area contributed by atoms with Crippen molar-refractivity contribution in [2.45, 2.75) is 25.8 Å². The lowest BCUT2D eigenvalue weighted by Crippen LogP contribution is -2.36. The highest BCUT2D eigenvalue weighted by molar-refractivity contribution is 7.96. The summed E-state index contributed by atoms with van der Waals surface area (Å²) in [6.07, 6.45) is 7.05. The van der Waals surface area contributed by atoms with Crippen molar-refractivity contribution in [3.8, 4) is 22.8 Å². The van der Waals surface area contributed by atoms with Crippen molar-refractivity contribution in [3.05, 3.63) is 59.8 Å². The Hall–Kier alpha value is -3.67. The maximum Gasteiger partial charge on any atom is 0.148 e. The minimum Gasteiger partial charge on any atom is -0.456 e. The molecule has 4 heterocycles. The second-order valence-corrected chi connectivity index (χ2v) is 10.5. The molecule has 188 valence electrons. The Morgan fingerprint density at radius 1 is 1.16 bits per heavy atom. The van der Waals surface area contributed by atoms with Crippen molar-refractivity contribution in [3.63, 3.8) is 0 Å². The number of rotatable bonds is 6. The number of halogens is 1. The SMILES string of the molecule is Cc1nc2ccc(Oc3ccc4ncc(-c5cnn(C6CCN(S(=O)C=N)CC6)c5)nc4c3Cl)cc2[nH]1. The van der Waals surface area contributed by atoms with E-state index in [1.54, 1.807) is 22.8 Å². The summed E-state index contributed by atoms with van der Waals surface area (Å²) in [6.45, 7) is 3.22. The summed E-state index contributed by atoms with van der Waals surface area (Å²) in [5.41, 5.74) is 5.45. The van der Waals surface area contributed by atoms with Gasteiger partial charge in [0.2, 0.25) is 0 Å². The van der Waals surface area contributed by atoms with Crippen LogP contribution < -0.4 is 4.74 Å². The fourth-order valence-corrected chi connectivity index (χ4v) is 5.54. The third-order valence-corrected chi connectivity index (χ3v) is 7.91. The minimum absolute atomic E-state index is 0.195. The van der Waals surface area contributed by atoms with Crippen LogP contribution in [0.25, 0.3) is 33.3 Å². The molecule has 0 saturated carbocycles. The van der Waals surface area contributed by atoms with Gasteiger partial charge in [-0.25, -0.2) is 18.5 Å². The molecule has 5 aromatic rings. The lowest BCUT2D eigenvalue weighted by Gasteiger charge is -2.29. The number of aromatic amines is 1. The number of benzene rings is 2. The Balaban J connectivity index is 1.24. The Kier molecular flexibility index (Phi) is 6.19. The smallest absolute Gasteiger partial charge is 0.148 e. The second-order valence-electron chi connectivity index (χ2n) is 8.87. The summed E-state index contributed by atoms with van der Waals surface area (Å²) in [7, 11) is -1.35. The summed E-state index contributed by atoms with van der Waals surface area (Å²) in [6, 6.07) is 9.46. The zero-order valence-corrected chi connectivity index (χ0v) is 21.5. The van der Waals surface area contributed by atoms with Crippen LogP contribution in [0.1, 0.15) is 24.7 Å². The highest BCUT2D eigenvalue weighted by Crippen LogP contribution is 2.36. The Morgan fingerprint density at radius 3 is 2.78 bits per heavy atom. The van der Waals surface area contributed by atoms with E-state index >= 15 is 0 Å². The number of imidazole rings is 1. The van der Waals surface area contributed by atoms with Gasteiger partial charge in [-0.3, -0.25) is 15.1 Å². The molecule has 0 aliphatic carbocycles. The molecule has 0 amide bonds. The summed E-state index contributed by atoms with van der Waals surface area (Å²) in [5, 5.41) is 12.1. The van der Waals surface area contributed by atoms with Gasteiger partial charge in [0.1, 0.15) is 38.8 Å². The third kappa shape index (κ3) is 4.61. The average molecular weight is 535 g/mol. The van der Waals surface area contributed by atoms with E-state index in [9.17, 15) is 4.21 Å². The van der Waals surface area contributed by atoms with Crippen molar-refractivity contribution >= 4 is 50.2 Å². The van der Waals surface area contributed by atoms with Crippen LogP contribution in [0.4, 0.5) is 0 Å². The van der Waals surface area contributed by atoms with Crippen molar-refractivity contribution in [1.82, 2.24) is 34.0 Å². The summed E-state index contributed by atoms with van der Waals surface area (Å²) in [5.74, 6) is 1.96. The normalized spacial score (nSPS) is 15.8. The molecule has 1 aliphatic heterocycles. The number of aryl methyl sites for hydroxylation is 1. The monoisotopic (exact) mass is 534 g/mol. The fourth-order valence-electron chi connectivity index (χ4n) is 4.58. The molecule has 3 aromatic heterocycles. The summed E-state index contributed by atoms with van der Waals surface area (Å²) >= 11 is 6.74. The number of H-pyrrole nitrogens is 1. The van der Waals surface area contributed by atoms with Gasteiger partial charge in [0, 0.05) is 30.9 Å². The molecule has 2 N–H and O–H groups in total. The Morgan fingerprint density at radius 2 is 1.97 bits per heavy atom. The molecular formula is C25H23ClN8O2S. The predicted molar refractivity (Wildman–Crippen MR) is 143 cm³/mol. The molecule has 0 bridgehead atoms. The topological polar surface area (TPSA) is 126 Å². The lowest BCUT2D eigenvalue weighted by molar-refractivity contribution is 0.271. The molecule has 1 unspecified atom stereocenters. The van der Waals surface area contributed by atoms with E-state index in [2.05, 4.69) is 20.1 Å². The highest BCUT2D eigenvalue weighted by atomic mass is 35.5.